The van der Waals surface area contributed by atoms with Crippen molar-refractivity contribution in [3.63, 3.8) is 0 Å². The highest BCUT2D eigenvalue weighted by atomic mass is 35.5. The number of ether oxygens (including phenoxy) is 2. The van der Waals surface area contributed by atoms with Crippen molar-refractivity contribution >= 4 is 35.3 Å². The van der Waals surface area contributed by atoms with Gasteiger partial charge in [-0.3, -0.25) is 9.59 Å². The number of amides is 2. The van der Waals surface area contributed by atoms with Crippen molar-refractivity contribution in [2.45, 2.75) is 6.61 Å². The first-order chi connectivity index (χ1) is 15.0. The molecular weight excluding hydrogens is 418 g/mol. The van der Waals surface area contributed by atoms with Crippen molar-refractivity contribution in [3.8, 4) is 11.5 Å². The zero-order chi connectivity index (χ0) is 22.1. The number of para-hydroxylation sites is 1. The van der Waals surface area contributed by atoms with E-state index in [1.807, 2.05) is 24.3 Å². The Morgan fingerprint density at radius 2 is 1.77 bits per heavy atom. The maximum Gasteiger partial charge on any atom is 0.329 e. The lowest BCUT2D eigenvalue weighted by Crippen LogP contribution is -2.32. The van der Waals surface area contributed by atoms with Gasteiger partial charge in [0.05, 0.1) is 13.3 Å². The molecule has 31 heavy (non-hydrogen) atoms. The van der Waals surface area contributed by atoms with Crippen molar-refractivity contribution < 1.29 is 19.1 Å². The lowest BCUT2D eigenvalue weighted by Gasteiger charge is -2.09. The van der Waals surface area contributed by atoms with Crippen molar-refractivity contribution in [1.82, 2.24) is 5.43 Å². The minimum atomic E-state index is -0.904. The Morgan fingerprint density at radius 3 is 2.55 bits per heavy atom. The second-order valence-corrected chi connectivity index (χ2v) is 6.77. The van der Waals surface area contributed by atoms with Crippen LogP contribution in [0, 0.1) is 0 Å². The Kier molecular flexibility index (Phi) is 7.61. The summed E-state index contributed by atoms with van der Waals surface area (Å²) in [6, 6.07) is 21.2. The molecular formula is C23H20ClN3O4. The monoisotopic (exact) mass is 437 g/mol. The minimum absolute atomic E-state index is 0.345. The number of anilines is 1. The maximum atomic E-state index is 12.0. The molecule has 0 aliphatic rings. The van der Waals surface area contributed by atoms with E-state index in [0.717, 1.165) is 5.56 Å². The summed E-state index contributed by atoms with van der Waals surface area (Å²) in [5.41, 5.74) is 4.24. The maximum absolute atomic E-state index is 12.0. The highest BCUT2D eigenvalue weighted by Gasteiger charge is 2.13. The fraction of sp³-hybridized carbons (Fsp3) is 0.0870. The smallest absolute Gasteiger partial charge is 0.329 e. The molecule has 8 heteroatoms. The van der Waals surface area contributed by atoms with Crippen LogP contribution in [0.25, 0.3) is 0 Å². The molecule has 3 aromatic carbocycles. The van der Waals surface area contributed by atoms with Gasteiger partial charge < -0.3 is 14.8 Å². The molecule has 0 bridgehead atoms. The molecule has 2 amide bonds. The molecule has 158 valence electrons. The van der Waals surface area contributed by atoms with E-state index >= 15 is 0 Å². The molecule has 0 aliphatic heterocycles. The van der Waals surface area contributed by atoms with Gasteiger partial charge in [-0.1, -0.05) is 41.9 Å². The van der Waals surface area contributed by atoms with Crippen LogP contribution in [0.3, 0.4) is 0 Å². The summed E-state index contributed by atoms with van der Waals surface area (Å²) in [5.74, 6) is -0.612. The van der Waals surface area contributed by atoms with Gasteiger partial charge in [0.25, 0.3) is 0 Å². The first kappa shape index (κ1) is 21.9. The standard InChI is InChI=1S/C23H20ClN3O4/c1-30-20-7-4-6-19(13-20)26-22(28)23(29)27-25-14-17-5-2-3-8-21(17)31-15-16-9-11-18(24)12-10-16/h2-14H,15H2,1H3,(H,26,28)(H,27,29)/b25-14-. The summed E-state index contributed by atoms with van der Waals surface area (Å²) in [6.45, 7) is 0.345. The molecule has 7 nitrogen and oxygen atoms in total. The van der Waals surface area contributed by atoms with Crippen LogP contribution in [0.2, 0.25) is 5.02 Å². The number of nitrogens with one attached hydrogen (secondary N) is 2. The summed E-state index contributed by atoms with van der Waals surface area (Å²) in [4.78, 5) is 24.0. The van der Waals surface area contributed by atoms with E-state index in [0.29, 0.717) is 34.4 Å². The SMILES string of the molecule is COc1cccc(NC(=O)C(=O)N/N=C\c2ccccc2OCc2ccc(Cl)cc2)c1. The number of halogens is 1. The van der Waals surface area contributed by atoms with E-state index in [1.165, 1.54) is 13.3 Å². The van der Waals surface area contributed by atoms with Crippen LogP contribution >= 0.6 is 11.6 Å². The Bertz CT molecular complexity index is 1080. The van der Waals surface area contributed by atoms with Crippen LogP contribution in [0.5, 0.6) is 11.5 Å². The molecule has 2 N–H and O–H groups in total. The van der Waals surface area contributed by atoms with E-state index in [2.05, 4.69) is 15.8 Å². The van der Waals surface area contributed by atoms with Gasteiger partial charge in [0.2, 0.25) is 0 Å². The molecule has 3 aromatic rings. The molecule has 0 aliphatic carbocycles. The average molecular weight is 438 g/mol. The highest BCUT2D eigenvalue weighted by molar-refractivity contribution is 6.39. The first-order valence-electron chi connectivity index (χ1n) is 9.30. The molecule has 0 unspecified atom stereocenters. The Labute approximate surface area is 184 Å². The number of nitrogens with zero attached hydrogens (tertiary/aromatic N) is 1. The number of hydrogen-bond donors (Lipinski definition) is 2. The van der Waals surface area contributed by atoms with Gasteiger partial charge in [0.15, 0.2) is 0 Å². The molecule has 0 heterocycles. The minimum Gasteiger partial charge on any atom is -0.497 e. The third kappa shape index (κ3) is 6.58. The van der Waals surface area contributed by atoms with Crippen molar-refractivity contribution in [1.29, 1.82) is 0 Å². The van der Waals surface area contributed by atoms with Gasteiger partial charge >= 0.3 is 11.8 Å². The van der Waals surface area contributed by atoms with E-state index in [9.17, 15) is 9.59 Å². The van der Waals surface area contributed by atoms with E-state index in [1.54, 1.807) is 48.5 Å². The average Bonchev–Trinajstić information content (AvgIpc) is 2.79. The Hall–Kier alpha value is -3.84. The van der Waals surface area contributed by atoms with E-state index in [-0.39, 0.29) is 0 Å². The van der Waals surface area contributed by atoms with Crippen LogP contribution in [0.4, 0.5) is 5.69 Å². The van der Waals surface area contributed by atoms with E-state index in [4.69, 9.17) is 21.1 Å². The largest absolute Gasteiger partial charge is 0.497 e. The van der Waals surface area contributed by atoms with Gasteiger partial charge in [0, 0.05) is 22.3 Å². The van der Waals surface area contributed by atoms with Crippen molar-refractivity contribution in [2.24, 2.45) is 5.10 Å². The van der Waals surface area contributed by atoms with Crippen molar-refractivity contribution in [3.05, 3.63) is 88.9 Å². The lowest BCUT2D eigenvalue weighted by molar-refractivity contribution is -0.136. The zero-order valence-electron chi connectivity index (χ0n) is 16.7. The molecule has 3 rings (SSSR count). The summed E-state index contributed by atoms with van der Waals surface area (Å²) < 4.78 is 10.9. The summed E-state index contributed by atoms with van der Waals surface area (Å²) in [6.07, 6.45) is 1.41. The number of carbonyl (C=O) groups is 2. The van der Waals surface area contributed by atoms with Crippen molar-refractivity contribution in [2.75, 3.05) is 12.4 Å². The van der Waals surface area contributed by atoms with Gasteiger partial charge in [0.1, 0.15) is 18.1 Å². The zero-order valence-corrected chi connectivity index (χ0v) is 17.4. The quantitative estimate of drug-likeness (QED) is 0.332. The molecule has 0 aromatic heterocycles. The number of hydrogen-bond acceptors (Lipinski definition) is 5. The van der Waals surface area contributed by atoms with Gasteiger partial charge in [-0.2, -0.15) is 5.10 Å². The van der Waals surface area contributed by atoms with Crippen LogP contribution in [-0.4, -0.2) is 25.1 Å². The Balaban J connectivity index is 1.56. The lowest BCUT2D eigenvalue weighted by atomic mass is 10.2. The fourth-order valence-corrected chi connectivity index (χ4v) is 2.69. The summed E-state index contributed by atoms with van der Waals surface area (Å²) >= 11 is 5.89. The number of methoxy groups -OCH3 is 1. The predicted molar refractivity (Wildman–Crippen MR) is 120 cm³/mol. The summed E-state index contributed by atoms with van der Waals surface area (Å²) in [7, 11) is 1.51. The van der Waals surface area contributed by atoms with Crippen LogP contribution < -0.4 is 20.2 Å². The number of benzene rings is 3. The molecule has 0 radical (unpaired) electrons. The van der Waals surface area contributed by atoms with Crippen LogP contribution in [0.15, 0.2) is 77.9 Å². The molecule has 0 fully saturated rings. The normalized spacial score (nSPS) is 10.5. The van der Waals surface area contributed by atoms with Gasteiger partial charge in [-0.15, -0.1) is 0 Å². The van der Waals surface area contributed by atoms with Crippen LogP contribution in [0.1, 0.15) is 11.1 Å². The molecule has 0 spiro atoms. The number of hydrazone groups is 1. The topological polar surface area (TPSA) is 89.0 Å². The second-order valence-electron chi connectivity index (χ2n) is 6.34. The first-order valence-corrected chi connectivity index (χ1v) is 9.67. The van der Waals surface area contributed by atoms with E-state index < -0.39 is 11.8 Å². The predicted octanol–water partition coefficient (Wildman–Crippen LogP) is 4.02. The molecule has 0 saturated heterocycles. The number of rotatable bonds is 7. The second kappa shape index (κ2) is 10.8. The van der Waals surface area contributed by atoms with Gasteiger partial charge in [-0.25, -0.2) is 5.43 Å². The number of carbonyl (C=O) groups excluding carboxylic acids is 2. The molecule has 0 saturated carbocycles. The van der Waals surface area contributed by atoms with Gasteiger partial charge in [-0.05, 0) is 42.0 Å². The molecule has 0 atom stereocenters. The fourth-order valence-electron chi connectivity index (χ4n) is 2.56. The van der Waals surface area contributed by atoms with Crippen LogP contribution in [-0.2, 0) is 16.2 Å². The Morgan fingerprint density at radius 1 is 1.00 bits per heavy atom. The third-order valence-corrected chi connectivity index (χ3v) is 4.38. The highest BCUT2D eigenvalue weighted by Crippen LogP contribution is 2.19. The summed E-state index contributed by atoms with van der Waals surface area (Å²) in [5, 5.41) is 6.99. The third-order valence-electron chi connectivity index (χ3n) is 4.13.